The zero-order valence-corrected chi connectivity index (χ0v) is 18.1. The standard InChI is InChI=1S/C19H30F2N4O3S/c1-19(2,3)29(26,27)12-10-23-18(22-4)24-14-9-11-25(13-14)15-7-5-6-8-16(15)28-17(20)21/h5-8,14,17H,9-13H2,1-4H3,(H2,22,23,24). The van der Waals surface area contributed by atoms with E-state index in [-0.39, 0.29) is 24.1 Å². The maximum absolute atomic E-state index is 12.6. The number of halogens is 2. The average Bonchev–Trinajstić information content (AvgIpc) is 3.08. The predicted molar refractivity (Wildman–Crippen MR) is 112 cm³/mol. The van der Waals surface area contributed by atoms with Crippen LogP contribution >= 0.6 is 0 Å². The molecule has 0 saturated carbocycles. The van der Waals surface area contributed by atoms with Crippen LogP contribution in [0.2, 0.25) is 0 Å². The first-order valence-corrected chi connectivity index (χ1v) is 11.2. The van der Waals surface area contributed by atoms with Gasteiger partial charge >= 0.3 is 6.61 Å². The highest BCUT2D eigenvalue weighted by Gasteiger charge is 2.29. The smallest absolute Gasteiger partial charge is 0.387 e. The minimum absolute atomic E-state index is 0.00628. The summed E-state index contributed by atoms with van der Waals surface area (Å²) in [5, 5.41) is 6.30. The predicted octanol–water partition coefficient (Wildman–Crippen LogP) is 2.25. The number of para-hydroxylation sites is 2. The lowest BCUT2D eigenvalue weighted by Crippen LogP contribution is -2.46. The number of hydrogen-bond donors (Lipinski definition) is 2. The summed E-state index contributed by atoms with van der Waals surface area (Å²) in [5.41, 5.74) is 0.622. The quantitative estimate of drug-likeness (QED) is 0.508. The SMILES string of the molecule is CN=C(NCCS(=O)(=O)C(C)(C)C)NC1CCN(c2ccccc2OC(F)F)C1. The second-order valence-corrected chi connectivity index (χ2v) is 10.7. The first-order chi connectivity index (χ1) is 13.5. The van der Waals surface area contributed by atoms with E-state index >= 15 is 0 Å². The molecule has 0 bridgehead atoms. The van der Waals surface area contributed by atoms with E-state index < -0.39 is 21.2 Å². The van der Waals surface area contributed by atoms with Crippen molar-refractivity contribution in [2.24, 2.45) is 4.99 Å². The molecule has 29 heavy (non-hydrogen) atoms. The normalized spacial score (nSPS) is 18.2. The maximum Gasteiger partial charge on any atom is 0.387 e. The number of alkyl halides is 2. The van der Waals surface area contributed by atoms with Crippen molar-refractivity contribution in [1.29, 1.82) is 0 Å². The summed E-state index contributed by atoms with van der Waals surface area (Å²) in [6.07, 6.45) is 0.782. The highest BCUT2D eigenvalue weighted by Crippen LogP contribution is 2.31. The molecule has 0 radical (unpaired) electrons. The average molecular weight is 433 g/mol. The fraction of sp³-hybridized carbons (Fsp3) is 0.632. The van der Waals surface area contributed by atoms with Crippen LogP contribution in [0.1, 0.15) is 27.2 Å². The number of guanidine groups is 1. The largest absolute Gasteiger partial charge is 0.433 e. The number of sulfone groups is 1. The van der Waals surface area contributed by atoms with Gasteiger partial charge in [-0.1, -0.05) is 12.1 Å². The molecular weight excluding hydrogens is 402 g/mol. The number of benzene rings is 1. The number of rotatable bonds is 7. The molecule has 0 spiro atoms. The number of nitrogens with one attached hydrogen (secondary N) is 2. The molecule has 0 aromatic heterocycles. The number of nitrogens with zero attached hydrogens (tertiary/aromatic N) is 2. The Morgan fingerprint density at radius 2 is 2.03 bits per heavy atom. The van der Waals surface area contributed by atoms with Gasteiger partial charge in [-0.15, -0.1) is 0 Å². The molecule has 1 aromatic rings. The Labute approximate surface area is 171 Å². The van der Waals surface area contributed by atoms with Gasteiger partial charge < -0.3 is 20.3 Å². The molecule has 164 valence electrons. The summed E-state index contributed by atoms with van der Waals surface area (Å²) in [6, 6.07) is 6.76. The van der Waals surface area contributed by atoms with Crippen molar-refractivity contribution in [3.05, 3.63) is 24.3 Å². The number of anilines is 1. The Morgan fingerprint density at radius 1 is 1.34 bits per heavy atom. The van der Waals surface area contributed by atoms with Crippen LogP contribution in [0.4, 0.5) is 14.5 Å². The Balaban J connectivity index is 1.90. The molecule has 1 fully saturated rings. The zero-order valence-electron chi connectivity index (χ0n) is 17.3. The Morgan fingerprint density at radius 3 is 2.66 bits per heavy atom. The van der Waals surface area contributed by atoms with Crippen LogP contribution in [0, 0.1) is 0 Å². The molecule has 0 aliphatic carbocycles. The van der Waals surface area contributed by atoms with Crippen molar-refractivity contribution < 1.29 is 21.9 Å². The van der Waals surface area contributed by atoms with Crippen LogP contribution in [-0.4, -0.2) is 64.2 Å². The van der Waals surface area contributed by atoms with Gasteiger partial charge in [-0.2, -0.15) is 8.78 Å². The summed E-state index contributed by atoms with van der Waals surface area (Å²) >= 11 is 0. The van der Waals surface area contributed by atoms with Gasteiger partial charge in [-0.3, -0.25) is 4.99 Å². The monoisotopic (exact) mass is 432 g/mol. The number of ether oxygens (including phenoxy) is 1. The summed E-state index contributed by atoms with van der Waals surface area (Å²) in [7, 11) is -1.60. The molecule has 1 aliphatic rings. The molecule has 2 rings (SSSR count). The van der Waals surface area contributed by atoms with E-state index in [2.05, 4.69) is 20.4 Å². The molecule has 1 atom stereocenters. The van der Waals surface area contributed by atoms with E-state index in [9.17, 15) is 17.2 Å². The van der Waals surface area contributed by atoms with E-state index in [1.807, 2.05) is 4.90 Å². The lowest BCUT2D eigenvalue weighted by atomic mass is 10.2. The van der Waals surface area contributed by atoms with Crippen molar-refractivity contribution in [2.75, 3.05) is 37.3 Å². The molecule has 10 heteroatoms. The van der Waals surface area contributed by atoms with Crippen LogP contribution in [0.15, 0.2) is 29.3 Å². The van der Waals surface area contributed by atoms with Crippen LogP contribution in [0.5, 0.6) is 5.75 Å². The van der Waals surface area contributed by atoms with Crippen LogP contribution in [-0.2, 0) is 9.84 Å². The maximum atomic E-state index is 12.6. The van der Waals surface area contributed by atoms with Crippen LogP contribution < -0.4 is 20.3 Å². The second kappa shape index (κ2) is 9.60. The van der Waals surface area contributed by atoms with Crippen molar-refractivity contribution >= 4 is 21.5 Å². The molecule has 1 unspecified atom stereocenters. The fourth-order valence-corrected chi connectivity index (χ4v) is 3.99. The van der Waals surface area contributed by atoms with Crippen molar-refractivity contribution in [3.8, 4) is 5.75 Å². The van der Waals surface area contributed by atoms with Gasteiger partial charge in [0, 0.05) is 32.7 Å². The molecular formula is C19H30F2N4O3S. The number of hydrogen-bond acceptors (Lipinski definition) is 5. The highest BCUT2D eigenvalue weighted by atomic mass is 32.2. The molecule has 2 N–H and O–H groups in total. The van der Waals surface area contributed by atoms with Gasteiger partial charge in [0.1, 0.15) is 5.75 Å². The summed E-state index contributed by atoms with van der Waals surface area (Å²) in [4.78, 5) is 6.12. The summed E-state index contributed by atoms with van der Waals surface area (Å²) < 4.78 is 53.5. The van der Waals surface area contributed by atoms with Crippen molar-refractivity contribution in [2.45, 2.75) is 44.6 Å². The van der Waals surface area contributed by atoms with E-state index in [4.69, 9.17) is 0 Å². The fourth-order valence-electron chi connectivity index (χ4n) is 3.01. The lowest BCUT2D eigenvalue weighted by molar-refractivity contribution is -0.0495. The van der Waals surface area contributed by atoms with E-state index in [0.717, 1.165) is 6.42 Å². The molecule has 1 saturated heterocycles. The Kier molecular flexibility index (Phi) is 7.67. The van der Waals surface area contributed by atoms with Gasteiger partial charge in [0.15, 0.2) is 15.8 Å². The molecule has 0 amide bonds. The molecule has 1 aliphatic heterocycles. The van der Waals surface area contributed by atoms with Crippen LogP contribution in [0.3, 0.4) is 0 Å². The van der Waals surface area contributed by atoms with Gasteiger partial charge in [0.2, 0.25) is 0 Å². The minimum Gasteiger partial charge on any atom is -0.433 e. The summed E-state index contributed by atoms with van der Waals surface area (Å²) in [6.45, 7) is 3.68. The van der Waals surface area contributed by atoms with Gasteiger partial charge in [0.05, 0.1) is 16.2 Å². The lowest BCUT2D eigenvalue weighted by Gasteiger charge is -2.23. The van der Waals surface area contributed by atoms with Crippen molar-refractivity contribution in [3.63, 3.8) is 0 Å². The van der Waals surface area contributed by atoms with E-state index in [0.29, 0.717) is 24.7 Å². The Bertz CT molecular complexity index is 810. The molecule has 7 nitrogen and oxygen atoms in total. The van der Waals surface area contributed by atoms with Gasteiger partial charge in [-0.25, -0.2) is 8.42 Å². The molecule has 1 aromatic carbocycles. The first-order valence-electron chi connectivity index (χ1n) is 9.52. The van der Waals surface area contributed by atoms with E-state index in [1.54, 1.807) is 46.0 Å². The Hall–Kier alpha value is -2.10. The summed E-state index contributed by atoms with van der Waals surface area (Å²) in [5.74, 6) is 0.669. The number of aliphatic imine (C=N–C) groups is 1. The highest BCUT2D eigenvalue weighted by molar-refractivity contribution is 7.92. The van der Waals surface area contributed by atoms with Crippen molar-refractivity contribution in [1.82, 2.24) is 10.6 Å². The molecule has 1 heterocycles. The van der Waals surface area contributed by atoms with E-state index in [1.165, 1.54) is 6.07 Å². The first kappa shape index (κ1) is 23.2. The van der Waals surface area contributed by atoms with Gasteiger partial charge in [0.25, 0.3) is 0 Å². The second-order valence-electron chi connectivity index (χ2n) is 7.85. The topological polar surface area (TPSA) is 83.0 Å². The van der Waals surface area contributed by atoms with Crippen LogP contribution in [0.25, 0.3) is 0 Å². The third-order valence-electron chi connectivity index (χ3n) is 4.77. The third-order valence-corrected chi connectivity index (χ3v) is 7.38. The minimum atomic E-state index is -3.22. The van der Waals surface area contributed by atoms with Gasteiger partial charge in [-0.05, 0) is 39.3 Å². The third kappa shape index (κ3) is 6.45. The zero-order chi connectivity index (χ0) is 21.7.